The van der Waals surface area contributed by atoms with Crippen molar-refractivity contribution < 1.29 is 8.42 Å². The van der Waals surface area contributed by atoms with Gasteiger partial charge in [-0.2, -0.15) is 0 Å². The van der Waals surface area contributed by atoms with E-state index in [9.17, 15) is 8.42 Å². The van der Waals surface area contributed by atoms with Gasteiger partial charge in [0.05, 0.1) is 11.4 Å². The minimum atomic E-state index is -3.49. The molecule has 2 aromatic rings. The van der Waals surface area contributed by atoms with E-state index in [0.29, 0.717) is 16.4 Å². The zero-order valence-electron chi connectivity index (χ0n) is 15.4. The Morgan fingerprint density at radius 1 is 1.15 bits per heavy atom. The third-order valence-electron chi connectivity index (χ3n) is 3.73. The molecule has 26 heavy (non-hydrogen) atoms. The number of nitrogens with one attached hydrogen (secondary N) is 2. The predicted molar refractivity (Wildman–Crippen MR) is 108 cm³/mol. The minimum absolute atomic E-state index is 0.289. The van der Waals surface area contributed by atoms with E-state index in [1.165, 1.54) is 23.3 Å². The Kier molecular flexibility index (Phi) is 7.62. The Morgan fingerprint density at radius 2 is 1.92 bits per heavy atom. The van der Waals surface area contributed by atoms with Crippen molar-refractivity contribution in [1.82, 2.24) is 14.9 Å². The van der Waals surface area contributed by atoms with E-state index < -0.39 is 10.0 Å². The number of hydrogen-bond donors (Lipinski definition) is 2. The lowest BCUT2D eigenvalue weighted by Crippen LogP contribution is -2.38. The molecule has 8 heteroatoms. The maximum Gasteiger partial charge on any atom is 0.242 e. The summed E-state index contributed by atoms with van der Waals surface area (Å²) in [4.78, 5) is 6.16. The quantitative estimate of drug-likeness (QED) is 0.532. The zero-order valence-corrected chi connectivity index (χ0v) is 17.0. The second kappa shape index (κ2) is 9.70. The first kappa shape index (κ1) is 20.4. The molecular formula is C18H26N4O2S2. The molecule has 1 heterocycles. The smallest absolute Gasteiger partial charge is 0.242 e. The van der Waals surface area contributed by atoms with Crippen molar-refractivity contribution in [2.45, 2.75) is 24.8 Å². The van der Waals surface area contributed by atoms with Crippen molar-refractivity contribution in [1.29, 1.82) is 0 Å². The molecule has 0 spiro atoms. The predicted octanol–water partition coefficient (Wildman–Crippen LogP) is 2.30. The first-order valence-corrected chi connectivity index (χ1v) is 10.8. The summed E-state index contributed by atoms with van der Waals surface area (Å²) in [6, 6.07) is 11.1. The summed E-state index contributed by atoms with van der Waals surface area (Å²) in [6.45, 7) is 3.80. The summed E-state index contributed by atoms with van der Waals surface area (Å²) in [7, 11) is -0.423. The van der Waals surface area contributed by atoms with Crippen LogP contribution in [-0.2, 0) is 23.0 Å². The van der Waals surface area contributed by atoms with Gasteiger partial charge in [0.1, 0.15) is 0 Å². The minimum Gasteiger partial charge on any atom is -0.357 e. The highest BCUT2D eigenvalue weighted by Gasteiger charge is 2.20. The van der Waals surface area contributed by atoms with E-state index in [4.69, 9.17) is 0 Å². The van der Waals surface area contributed by atoms with Crippen molar-refractivity contribution in [2.75, 3.05) is 27.2 Å². The van der Waals surface area contributed by atoms with Gasteiger partial charge in [-0.1, -0.05) is 24.3 Å². The summed E-state index contributed by atoms with van der Waals surface area (Å²) in [5.41, 5.74) is 0.677. The molecule has 0 radical (unpaired) electrons. The van der Waals surface area contributed by atoms with Crippen molar-refractivity contribution >= 4 is 27.3 Å². The van der Waals surface area contributed by atoms with Crippen LogP contribution in [0.5, 0.6) is 0 Å². The van der Waals surface area contributed by atoms with Crippen molar-refractivity contribution in [3.63, 3.8) is 0 Å². The SMILES string of the molecule is CCNC(=NCc1ccccc1S(=O)(=O)N(C)C)NCCc1cccs1. The Morgan fingerprint density at radius 3 is 2.58 bits per heavy atom. The Labute approximate surface area is 160 Å². The van der Waals surface area contributed by atoms with E-state index >= 15 is 0 Å². The van der Waals surface area contributed by atoms with Gasteiger partial charge in [-0.3, -0.25) is 0 Å². The number of benzene rings is 1. The highest BCUT2D eigenvalue weighted by atomic mass is 32.2. The van der Waals surface area contributed by atoms with E-state index in [1.54, 1.807) is 29.5 Å². The van der Waals surface area contributed by atoms with Crippen LogP contribution in [0.15, 0.2) is 51.7 Å². The average molecular weight is 395 g/mol. The van der Waals surface area contributed by atoms with Gasteiger partial charge in [-0.05, 0) is 36.4 Å². The maximum atomic E-state index is 12.5. The third kappa shape index (κ3) is 5.55. The lowest BCUT2D eigenvalue weighted by atomic mass is 10.2. The van der Waals surface area contributed by atoms with Crippen LogP contribution in [0.3, 0.4) is 0 Å². The molecule has 1 aromatic heterocycles. The molecule has 0 aliphatic rings. The van der Waals surface area contributed by atoms with E-state index in [-0.39, 0.29) is 6.54 Å². The number of nitrogens with zero attached hydrogens (tertiary/aromatic N) is 2. The van der Waals surface area contributed by atoms with Crippen LogP contribution < -0.4 is 10.6 Å². The molecule has 0 saturated carbocycles. The lowest BCUT2D eigenvalue weighted by molar-refractivity contribution is 0.519. The maximum absolute atomic E-state index is 12.5. The second-order valence-electron chi connectivity index (χ2n) is 5.85. The first-order chi connectivity index (χ1) is 12.4. The number of rotatable bonds is 8. The van der Waals surface area contributed by atoms with Crippen LogP contribution in [-0.4, -0.2) is 45.9 Å². The molecule has 1 aromatic carbocycles. The monoisotopic (exact) mass is 394 g/mol. The molecule has 0 atom stereocenters. The number of thiophene rings is 1. The van der Waals surface area contributed by atoms with Crippen molar-refractivity contribution in [3.05, 3.63) is 52.2 Å². The van der Waals surface area contributed by atoms with Gasteiger partial charge in [0.25, 0.3) is 0 Å². The van der Waals surface area contributed by atoms with Crippen LogP contribution in [0.4, 0.5) is 0 Å². The molecular weight excluding hydrogens is 368 g/mol. The van der Waals surface area contributed by atoms with Crippen molar-refractivity contribution in [2.24, 2.45) is 4.99 Å². The fourth-order valence-electron chi connectivity index (χ4n) is 2.35. The van der Waals surface area contributed by atoms with Crippen LogP contribution in [0.25, 0.3) is 0 Å². The fraction of sp³-hybridized carbons (Fsp3) is 0.389. The molecule has 6 nitrogen and oxygen atoms in total. The molecule has 2 N–H and O–H groups in total. The molecule has 0 saturated heterocycles. The Balaban J connectivity index is 2.09. The van der Waals surface area contributed by atoms with E-state index in [1.807, 2.05) is 19.1 Å². The van der Waals surface area contributed by atoms with Crippen LogP contribution >= 0.6 is 11.3 Å². The lowest BCUT2D eigenvalue weighted by Gasteiger charge is -2.15. The third-order valence-corrected chi connectivity index (χ3v) is 6.58. The highest BCUT2D eigenvalue weighted by Crippen LogP contribution is 2.19. The summed E-state index contributed by atoms with van der Waals surface area (Å²) in [5, 5.41) is 8.56. The number of guanidine groups is 1. The number of hydrogen-bond acceptors (Lipinski definition) is 4. The summed E-state index contributed by atoms with van der Waals surface area (Å²) in [5.74, 6) is 0.682. The molecule has 142 valence electrons. The summed E-state index contributed by atoms with van der Waals surface area (Å²) < 4.78 is 26.2. The number of aliphatic imine (C=N–C) groups is 1. The summed E-state index contributed by atoms with van der Waals surface area (Å²) in [6.07, 6.45) is 0.924. The van der Waals surface area contributed by atoms with Crippen LogP contribution in [0.1, 0.15) is 17.4 Å². The topological polar surface area (TPSA) is 73.8 Å². The molecule has 0 aliphatic heterocycles. The fourth-order valence-corrected chi connectivity index (χ4v) is 4.16. The summed E-state index contributed by atoms with van der Waals surface area (Å²) >= 11 is 1.73. The zero-order chi connectivity index (χ0) is 19.0. The Bertz CT molecular complexity index is 815. The molecule has 0 bridgehead atoms. The molecule has 0 amide bonds. The highest BCUT2D eigenvalue weighted by molar-refractivity contribution is 7.89. The normalized spacial score (nSPS) is 12.4. The standard InChI is InChI=1S/C18H26N4O2S2/c1-4-19-18(20-12-11-16-9-7-13-25-16)21-14-15-8-5-6-10-17(15)26(23,24)22(2)3/h5-10,13H,4,11-12,14H2,1-3H3,(H2,19,20,21). The van der Waals surface area contributed by atoms with Gasteiger partial charge in [-0.15, -0.1) is 11.3 Å². The van der Waals surface area contributed by atoms with Crippen LogP contribution in [0, 0.1) is 0 Å². The van der Waals surface area contributed by atoms with Gasteiger partial charge < -0.3 is 10.6 Å². The van der Waals surface area contributed by atoms with Gasteiger partial charge >= 0.3 is 0 Å². The number of sulfonamides is 1. The molecule has 2 rings (SSSR count). The van der Waals surface area contributed by atoms with Gasteiger partial charge in [0.15, 0.2) is 5.96 Å². The van der Waals surface area contributed by atoms with Crippen molar-refractivity contribution in [3.8, 4) is 0 Å². The van der Waals surface area contributed by atoms with Gasteiger partial charge in [0.2, 0.25) is 10.0 Å². The average Bonchev–Trinajstić information content (AvgIpc) is 3.13. The Hall–Kier alpha value is -1.90. The molecule has 0 aliphatic carbocycles. The van der Waals surface area contributed by atoms with Crippen LogP contribution in [0.2, 0.25) is 0 Å². The van der Waals surface area contributed by atoms with E-state index in [0.717, 1.165) is 19.5 Å². The second-order valence-corrected chi connectivity index (χ2v) is 9.00. The first-order valence-electron chi connectivity index (χ1n) is 8.50. The van der Waals surface area contributed by atoms with E-state index in [2.05, 4.69) is 27.1 Å². The molecule has 0 fully saturated rings. The largest absolute Gasteiger partial charge is 0.357 e. The van der Waals surface area contributed by atoms with Gasteiger partial charge in [0, 0.05) is 32.1 Å². The van der Waals surface area contributed by atoms with Gasteiger partial charge in [-0.25, -0.2) is 17.7 Å². The molecule has 0 unspecified atom stereocenters.